The van der Waals surface area contributed by atoms with Gasteiger partial charge in [0.15, 0.2) is 0 Å². The summed E-state index contributed by atoms with van der Waals surface area (Å²) in [6.45, 7) is 8.17. The van der Waals surface area contributed by atoms with Crippen molar-refractivity contribution in [3.05, 3.63) is 18.0 Å². The average molecular weight is 290 g/mol. The van der Waals surface area contributed by atoms with Crippen LogP contribution in [0.5, 0.6) is 0 Å². The maximum Gasteiger partial charge on any atom is 0.224 e. The lowest BCUT2D eigenvalue weighted by Crippen LogP contribution is -2.62. The van der Waals surface area contributed by atoms with Gasteiger partial charge in [0.1, 0.15) is 0 Å². The van der Waals surface area contributed by atoms with Gasteiger partial charge in [0.25, 0.3) is 0 Å². The molecule has 1 aromatic rings. The van der Waals surface area contributed by atoms with Crippen molar-refractivity contribution in [3.8, 4) is 0 Å². The summed E-state index contributed by atoms with van der Waals surface area (Å²) in [5.41, 5.74) is 1.21. The monoisotopic (exact) mass is 290 g/mol. The minimum Gasteiger partial charge on any atom is -0.347 e. The second-order valence-corrected chi connectivity index (χ2v) is 6.47. The molecule has 21 heavy (non-hydrogen) atoms. The predicted molar refractivity (Wildman–Crippen MR) is 84.5 cm³/mol. The lowest BCUT2D eigenvalue weighted by Gasteiger charge is -2.47. The van der Waals surface area contributed by atoms with Gasteiger partial charge in [0, 0.05) is 83.9 Å². The number of nitrogens with zero attached hydrogens (tertiary/aromatic N) is 6. The zero-order valence-corrected chi connectivity index (χ0v) is 13.4. The van der Waals surface area contributed by atoms with Gasteiger partial charge in [0.2, 0.25) is 5.95 Å². The number of piperazine rings is 1. The second kappa shape index (κ2) is 6.25. The van der Waals surface area contributed by atoms with E-state index < -0.39 is 0 Å². The normalized spacial score (nSPS) is 22.2. The molecule has 0 aliphatic carbocycles. The molecule has 2 aliphatic rings. The SMILES string of the molecule is CN1CCN(C2CN(Cc3cnc(N(C)C)nc3)C2)CC1. The third kappa shape index (κ3) is 3.51. The van der Waals surface area contributed by atoms with Gasteiger partial charge in [-0.25, -0.2) is 9.97 Å². The average Bonchev–Trinajstić information content (AvgIpc) is 2.44. The highest BCUT2D eigenvalue weighted by Gasteiger charge is 2.32. The van der Waals surface area contributed by atoms with Gasteiger partial charge in [-0.05, 0) is 7.05 Å². The van der Waals surface area contributed by atoms with Crippen LogP contribution in [-0.4, -0.2) is 91.1 Å². The molecule has 2 aliphatic heterocycles. The van der Waals surface area contributed by atoms with E-state index in [4.69, 9.17) is 0 Å². The maximum absolute atomic E-state index is 4.38. The Hall–Kier alpha value is -1.24. The van der Waals surface area contributed by atoms with Gasteiger partial charge in [0.05, 0.1) is 0 Å². The van der Waals surface area contributed by atoms with E-state index in [0.29, 0.717) is 0 Å². The molecule has 2 saturated heterocycles. The number of rotatable bonds is 4. The fourth-order valence-electron chi connectivity index (χ4n) is 3.01. The molecule has 3 heterocycles. The summed E-state index contributed by atoms with van der Waals surface area (Å²) >= 11 is 0. The van der Waals surface area contributed by atoms with Gasteiger partial charge in [-0.1, -0.05) is 0 Å². The quantitative estimate of drug-likeness (QED) is 0.776. The minimum atomic E-state index is 0.751. The van der Waals surface area contributed by atoms with Crippen LogP contribution < -0.4 is 4.90 Å². The molecule has 6 heteroatoms. The van der Waals surface area contributed by atoms with Crippen LogP contribution in [0.4, 0.5) is 5.95 Å². The molecule has 1 aromatic heterocycles. The fourth-order valence-corrected chi connectivity index (χ4v) is 3.01. The van der Waals surface area contributed by atoms with Crippen LogP contribution >= 0.6 is 0 Å². The van der Waals surface area contributed by atoms with E-state index in [2.05, 4.69) is 31.7 Å². The number of aromatic nitrogens is 2. The van der Waals surface area contributed by atoms with Gasteiger partial charge in [-0.15, -0.1) is 0 Å². The van der Waals surface area contributed by atoms with Gasteiger partial charge >= 0.3 is 0 Å². The van der Waals surface area contributed by atoms with E-state index in [1.165, 1.54) is 44.8 Å². The third-order valence-corrected chi connectivity index (χ3v) is 4.49. The Labute approximate surface area is 127 Å². The van der Waals surface area contributed by atoms with Gasteiger partial charge in [-0.2, -0.15) is 0 Å². The maximum atomic E-state index is 4.38. The Kier molecular flexibility index (Phi) is 4.37. The molecule has 0 N–H and O–H groups in total. The third-order valence-electron chi connectivity index (χ3n) is 4.49. The van der Waals surface area contributed by atoms with Crippen LogP contribution in [0.25, 0.3) is 0 Å². The molecular weight excluding hydrogens is 264 g/mol. The highest BCUT2D eigenvalue weighted by molar-refractivity contribution is 5.26. The predicted octanol–water partition coefficient (Wildman–Crippen LogP) is -0.0258. The van der Waals surface area contributed by atoms with Crippen molar-refractivity contribution >= 4 is 5.95 Å². The molecule has 0 spiro atoms. The van der Waals surface area contributed by atoms with Crippen LogP contribution in [0, 0.1) is 0 Å². The molecule has 0 amide bonds. The van der Waals surface area contributed by atoms with Gasteiger partial charge < -0.3 is 9.80 Å². The number of likely N-dealkylation sites (N-methyl/N-ethyl adjacent to an activating group) is 1. The molecule has 3 rings (SSSR count). The largest absolute Gasteiger partial charge is 0.347 e. The van der Waals surface area contributed by atoms with Crippen molar-refractivity contribution < 1.29 is 0 Å². The first-order valence-electron chi connectivity index (χ1n) is 7.75. The first-order valence-corrected chi connectivity index (χ1v) is 7.75. The van der Waals surface area contributed by atoms with E-state index in [1.807, 2.05) is 31.4 Å². The summed E-state index contributed by atoms with van der Waals surface area (Å²) in [5.74, 6) is 0.776. The van der Waals surface area contributed by atoms with Crippen LogP contribution in [0.1, 0.15) is 5.56 Å². The zero-order chi connectivity index (χ0) is 14.8. The van der Waals surface area contributed by atoms with E-state index >= 15 is 0 Å². The molecule has 0 unspecified atom stereocenters. The first-order chi connectivity index (χ1) is 10.1. The summed E-state index contributed by atoms with van der Waals surface area (Å²) in [7, 11) is 6.14. The second-order valence-electron chi connectivity index (χ2n) is 6.47. The zero-order valence-electron chi connectivity index (χ0n) is 13.4. The van der Waals surface area contributed by atoms with Crippen molar-refractivity contribution in [1.29, 1.82) is 0 Å². The molecule has 116 valence electrons. The van der Waals surface area contributed by atoms with Crippen molar-refractivity contribution in [3.63, 3.8) is 0 Å². The highest BCUT2D eigenvalue weighted by Crippen LogP contribution is 2.19. The van der Waals surface area contributed by atoms with Crippen molar-refractivity contribution in [2.75, 3.05) is 65.3 Å². The molecule has 0 radical (unpaired) electrons. The number of hydrogen-bond donors (Lipinski definition) is 0. The minimum absolute atomic E-state index is 0.751. The topological polar surface area (TPSA) is 38.7 Å². The van der Waals surface area contributed by atoms with Crippen LogP contribution in [0.15, 0.2) is 12.4 Å². The molecule has 0 bridgehead atoms. The summed E-state index contributed by atoms with van der Waals surface area (Å²) in [4.78, 5) is 18.2. The number of likely N-dealkylation sites (tertiary alicyclic amines) is 1. The smallest absolute Gasteiger partial charge is 0.224 e. The van der Waals surface area contributed by atoms with Crippen LogP contribution in [-0.2, 0) is 6.54 Å². The van der Waals surface area contributed by atoms with Crippen LogP contribution in [0.2, 0.25) is 0 Å². The summed E-state index contributed by atoms with van der Waals surface area (Å²) in [6.07, 6.45) is 3.90. The Morgan fingerprint density at radius 3 is 2.29 bits per heavy atom. The molecule has 0 atom stereocenters. The number of anilines is 1. The lowest BCUT2D eigenvalue weighted by molar-refractivity contribution is 0.00536. The van der Waals surface area contributed by atoms with E-state index in [-0.39, 0.29) is 0 Å². The number of hydrogen-bond acceptors (Lipinski definition) is 6. The molecular formula is C15H26N6. The first kappa shape index (κ1) is 14.7. The molecule has 0 saturated carbocycles. The summed E-state index contributed by atoms with van der Waals surface area (Å²) < 4.78 is 0. The van der Waals surface area contributed by atoms with Crippen LogP contribution in [0.3, 0.4) is 0 Å². The van der Waals surface area contributed by atoms with E-state index in [9.17, 15) is 0 Å². The van der Waals surface area contributed by atoms with Crippen molar-refractivity contribution in [2.24, 2.45) is 0 Å². The Bertz CT molecular complexity index is 446. The Morgan fingerprint density at radius 1 is 1.10 bits per heavy atom. The van der Waals surface area contributed by atoms with Crippen molar-refractivity contribution in [2.45, 2.75) is 12.6 Å². The summed E-state index contributed by atoms with van der Waals surface area (Å²) in [6, 6.07) is 0.751. The standard InChI is InChI=1S/C15H26N6/c1-18(2)15-16-8-13(9-17-15)10-20-11-14(12-20)21-6-4-19(3)5-7-21/h8-9,14H,4-7,10-12H2,1-3H3. The molecule has 2 fully saturated rings. The molecule has 0 aromatic carbocycles. The van der Waals surface area contributed by atoms with Gasteiger partial charge in [-0.3, -0.25) is 9.80 Å². The fraction of sp³-hybridized carbons (Fsp3) is 0.733. The van der Waals surface area contributed by atoms with E-state index in [1.54, 1.807) is 0 Å². The Balaban J connectivity index is 1.44. The van der Waals surface area contributed by atoms with Crippen molar-refractivity contribution in [1.82, 2.24) is 24.7 Å². The Morgan fingerprint density at radius 2 is 1.71 bits per heavy atom. The molecule has 6 nitrogen and oxygen atoms in total. The van der Waals surface area contributed by atoms with E-state index in [0.717, 1.165) is 18.5 Å². The highest BCUT2D eigenvalue weighted by atomic mass is 15.3. The summed E-state index contributed by atoms with van der Waals surface area (Å²) in [5, 5.41) is 0. The lowest BCUT2D eigenvalue weighted by atomic mass is 10.1.